The number of hydrogen-bond acceptors (Lipinski definition) is 6. The van der Waals surface area contributed by atoms with E-state index >= 15 is 0 Å². The number of unbranched alkanes of at least 4 members (excludes halogenated alkanes) is 24. The molecule has 8 nitrogen and oxygen atoms in total. The number of fused-ring (bicyclic) bond motifs is 2. The van der Waals surface area contributed by atoms with Crippen LogP contribution < -0.4 is 0 Å². The van der Waals surface area contributed by atoms with Crippen molar-refractivity contribution in [1.29, 1.82) is 0 Å². The van der Waals surface area contributed by atoms with Crippen molar-refractivity contribution >= 4 is 34.3 Å². The van der Waals surface area contributed by atoms with E-state index in [2.05, 4.69) is 27.7 Å². The molecule has 0 saturated heterocycles. The zero-order chi connectivity index (χ0) is 42.6. The zero-order valence-corrected chi connectivity index (χ0v) is 38.4. The van der Waals surface area contributed by atoms with Gasteiger partial charge in [0, 0.05) is 0 Å². The van der Waals surface area contributed by atoms with Crippen molar-refractivity contribution < 1.29 is 19.1 Å². The predicted molar refractivity (Wildman–Crippen MR) is 251 cm³/mol. The molecule has 2 aromatic heterocycles. The van der Waals surface area contributed by atoms with Crippen molar-refractivity contribution in [3.05, 3.63) is 48.5 Å². The van der Waals surface area contributed by atoms with Gasteiger partial charge in [0.15, 0.2) is 11.6 Å². The highest BCUT2D eigenvalue weighted by molar-refractivity contribution is 5.95. The summed E-state index contributed by atoms with van der Waals surface area (Å²) >= 11 is 0. The lowest BCUT2D eigenvalue weighted by molar-refractivity contribution is 0.144. The van der Waals surface area contributed by atoms with Crippen LogP contribution in [0, 0.1) is 11.8 Å². The molecule has 0 atom stereocenters. The van der Waals surface area contributed by atoms with Gasteiger partial charge in [-0.3, -0.25) is 0 Å². The van der Waals surface area contributed by atoms with Gasteiger partial charge in [-0.2, -0.15) is 0 Å². The molecular weight excluding hydrogens is 745 g/mol. The molecule has 0 aliphatic carbocycles. The summed E-state index contributed by atoms with van der Waals surface area (Å²) in [4.78, 5) is 37.2. The maximum atomic E-state index is 13.8. The molecule has 4 aromatic rings. The van der Waals surface area contributed by atoms with E-state index in [9.17, 15) is 9.59 Å². The molecule has 0 radical (unpaired) electrons. The van der Waals surface area contributed by atoms with Crippen LogP contribution in [0.25, 0.3) is 33.7 Å². The second kappa shape index (κ2) is 29.6. The van der Waals surface area contributed by atoms with Crippen molar-refractivity contribution in [2.75, 3.05) is 13.2 Å². The van der Waals surface area contributed by atoms with E-state index in [1.165, 1.54) is 150 Å². The standard InChI is InChI=1S/C52H82N4O4/c1-43(2)35-27-23-19-15-11-7-5-9-13-17-21-25-33-41-59-51(57)55-47-39-31-29-37-45(47)53-49(55)50-54-46-38-30-32-40-48(46)56(50)52(58)60-42-34-26-22-18-14-10-6-8-12-16-20-24-28-36-44(3)4/h29-32,37-40,43-44H,5-28,33-36,41-42H2,1-4H3. The van der Waals surface area contributed by atoms with E-state index in [4.69, 9.17) is 19.4 Å². The first-order valence-electron chi connectivity index (χ1n) is 24.7. The van der Waals surface area contributed by atoms with Gasteiger partial charge in [0.2, 0.25) is 0 Å². The maximum Gasteiger partial charge on any atom is 0.420 e. The summed E-state index contributed by atoms with van der Waals surface area (Å²) in [5, 5.41) is 0. The molecular formula is C52H82N4O4. The van der Waals surface area contributed by atoms with Gasteiger partial charge in [-0.25, -0.2) is 28.7 Å². The summed E-state index contributed by atoms with van der Waals surface area (Å²) in [7, 11) is 0. The Labute approximate surface area is 364 Å². The summed E-state index contributed by atoms with van der Waals surface area (Å²) in [6.45, 7) is 9.93. The largest absolute Gasteiger partial charge is 0.449 e. The first kappa shape index (κ1) is 49.0. The molecule has 60 heavy (non-hydrogen) atoms. The van der Waals surface area contributed by atoms with Crippen LogP contribution >= 0.6 is 0 Å². The number of carbonyl (C=O) groups excluding carboxylic acids is 2. The van der Waals surface area contributed by atoms with Gasteiger partial charge in [0.05, 0.1) is 35.3 Å². The van der Waals surface area contributed by atoms with Crippen molar-refractivity contribution in [3.63, 3.8) is 0 Å². The zero-order valence-electron chi connectivity index (χ0n) is 38.4. The minimum atomic E-state index is -0.516. The van der Waals surface area contributed by atoms with Crippen LogP contribution in [0.3, 0.4) is 0 Å². The highest BCUT2D eigenvalue weighted by Crippen LogP contribution is 2.29. The number of nitrogens with zero attached hydrogens (tertiary/aromatic N) is 4. The fourth-order valence-electron chi connectivity index (χ4n) is 8.37. The number of para-hydroxylation sites is 4. The molecule has 0 amide bonds. The van der Waals surface area contributed by atoms with Gasteiger partial charge in [-0.15, -0.1) is 0 Å². The Morgan fingerprint density at radius 3 is 0.983 bits per heavy atom. The molecule has 2 aromatic carbocycles. The van der Waals surface area contributed by atoms with E-state index < -0.39 is 12.2 Å². The molecule has 2 heterocycles. The maximum absolute atomic E-state index is 13.8. The van der Waals surface area contributed by atoms with Crippen LogP contribution in [0.4, 0.5) is 9.59 Å². The molecule has 0 spiro atoms. The van der Waals surface area contributed by atoms with Crippen LogP contribution in [0.5, 0.6) is 0 Å². The van der Waals surface area contributed by atoms with Crippen LogP contribution in [0.1, 0.15) is 207 Å². The van der Waals surface area contributed by atoms with Gasteiger partial charge in [0.1, 0.15) is 0 Å². The van der Waals surface area contributed by atoms with Gasteiger partial charge in [0.25, 0.3) is 0 Å². The van der Waals surface area contributed by atoms with Gasteiger partial charge >= 0.3 is 12.2 Å². The summed E-state index contributed by atoms with van der Waals surface area (Å²) < 4.78 is 14.6. The fourth-order valence-corrected chi connectivity index (χ4v) is 8.37. The average Bonchev–Trinajstić information content (AvgIpc) is 3.82. The lowest BCUT2D eigenvalue weighted by Crippen LogP contribution is -2.20. The van der Waals surface area contributed by atoms with Gasteiger partial charge in [-0.05, 0) is 48.9 Å². The van der Waals surface area contributed by atoms with Crippen LogP contribution in [-0.4, -0.2) is 44.5 Å². The normalized spacial score (nSPS) is 11.8. The minimum Gasteiger partial charge on any atom is -0.449 e. The van der Waals surface area contributed by atoms with E-state index in [-0.39, 0.29) is 11.6 Å². The first-order valence-corrected chi connectivity index (χ1v) is 24.7. The van der Waals surface area contributed by atoms with E-state index in [1.807, 2.05) is 48.5 Å². The molecule has 0 saturated carbocycles. The molecule has 0 N–H and O–H groups in total. The van der Waals surface area contributed by atoms with Crippen molar-refractivity contribution in [2.24, 2.45) is 11.8 Å². The highest BCUT2D eigenvalue weighted by Gasteiger charge is 2.27. The lowest BCUT2D eigenvalue weighted by Gasteiger charge is -2.11. The van der Waals surface area contributed by atoms with E-state index in [1.54, 1.807) is 0 Å². The van der Waals surface area contributed by atoms with Gasteiger partial charge in [-0.1, -0.05) is 219 Å². The summed E-state index contributed by atoms with van der Waals surface area (Å²) in [5.74, 6) is 2.20. The Morgan fingerprint density at radius 2 is 0.683 bits per heavy atom. The smallest absolute Gasteiger partial charge is 0.420 e. The SMILES string of the molecule is CC(C)CCCCCCCCCCCCCCCOC(=O)n1c(-c2nc3ccccc3n2C(=O)OCCCCCCCCCCCCCCCC(C)C)nc2ccccc21. The number of aromatic nitrogens is 4. The number of benzene rings is 2. The Morgan fingerprint density at radius 1 is 0.417 bits per heavy atom. The van der Waals surface area contributed by atoms with E-state index in [0.29, 0.717) is 35.3 Å². The number of carbonyl (C=O) groups is 2. The van der Waals surface area contributed by atoms with Crippen LogP contribution in [-0.2, 0) is 9.47 Å². The fraction of sp³-hybridized carbons (Fsp3) is 0.692. The van der Waals surface area contributed by atoms with Crippen molar-refractivity contribution in [3.8, 4) is 11.6 Å². The summed E-state index contributed by atoms with van der Waals surface area (Å²) in [5.41, 5.74) is 2.49. The van der Waals surface area contributed by atoms with Crippen molar-refractivity contribution in [2.45, 2.75) is 207 Å². The summed E-state index contributed by atoms with van der Waals surface area (Å²) in [6.07, 6.45) is 34.6. The molecule has 0 fully saturated rings. The first-order chi connectivity index (χ1) is 29.4. The number of imidazole rings is 2. The third kappa shape index (κ3) is 18.1. The average molecular weight is 827 g/mol. The monoisotopic (exact) mass is 827 g/mol. The predicted octanol–water partition coefficient (Wildman–Crippen LogP) is 16.3. The molecule has 0 bridgehead atoms. The van der Waals surface area contributed by atoms with Crippen LogP contribution in [0.2, 0.25) is 0 Å². The van der Waals surface area contributed by atoms with Crippen molar-refractivity contribution in [1.82, 2.24) is 19.1 Å². The molecule has 0 unspecified atom stereocenters. The Balaban J connectivity index is 1.18. The summed E-state index contributed by atoms with van der Waals surface area (Å²) in [6, 6.07) is 15.0. The van der Waals surface area contributed by atoms with Crippen LogP contribution in [0.15, 0.2) is 48.5 Å². The second-order valence-electron chi connectivity index (χ2n) is 18.3. The minimum absolute atomic E-state index is 0.266. The molecule has 8 heteroatoms. The Bertz CT molecular complexity index is 1630. The molecule has 0 aliphatic heterocycles. The third-order valence-corrected chi connectivity index (χ3v) is 12.0. The number of rotatable bonds is 33. The topological polar surface area (TPSA) is 88.2 Å². The van der Waals surface area contributed by atoms with E-state index in [0.717, 1.165) is 50.4 Å². The molecule has 4 rings (SSSR count). The third-order valence-electron chi connectivity index (χ3n) is 12.0. The lowest BCUT2D eigenvalue weighted by atomic mass is 10.0. The molecule has 0 aliphatic rings. The Hall–Kier alpha value is -3.68. The van der Waals surface area contributed by atoms with Gasteiger partial charge < -0.3 is 9.47 Å². The number of ether oxygens (including phenoxy) is 2. The number of hydrogen-bond donors (Lipinski definition) is 0. The Kier molecular flexibility index (Phi) is 24.1. The quantitative estimate of drug-likeness (QED) is 0.0445. The molecule has 334 valence electrons. The second-order valence-corrected chi connectivity index (χ2v) is 18.3. The highest BCUT2D eigenvalue weighted by atomic mass is 16.6.